The molecular formula is C23H25N3O3. The number of phenolic OH excluding ortho intramolecular Hbond substituents is 2. The largest absolute Gasteiger partial charge is 0.508 e. The van der Waals surface area contributed by atoms with Crippen LogP contribution >= 0.6 is 0 Å². The van der Waals surface area contributed by atoms with Crippen LogP contribution in [0.25, 0.3) is 11.3 Å². The molecule has 0 bridgehead atoms. The molecule has 1 aromatic heterocycles. The van der Waals surface area contributed by atoms with Crippen LogP contribution in [0.3, 0.4) is 0 Å². The number of carbonyl (C=O) groups excluding carboxylic acids is 1. The molecule has 6 heteroatoms. The summed E-state index contributed by atoms with van der Waals surface area (Å²) in [6.07, 6.45) is 1.84. The van der Waals surface area contributed by atoms with Crippen molar-refractivity contribution in [3.05, 3.63) is 64.3 Å². The van der Waals surface area contributed by atoms with Gasteiger partial charge in [0.1, 0.15) is 22.9 Å². The minimum Gasteiger partial charge on any atom is -0.508 e. The Kier molecular flexibility index (Phi) is 4.78. The summed E-state index contributed by atoms with van der Waals surface area (Å²) in [5.74, 6) is 0.210. The van der Waals surface area contributed by atoms with Crippen molar-refractivity contribution in [3.63, 3.8) is 0 Å². The zero-order valence-corrected chi connectivity index (χ0v) is 16.9. The molecule has 150 valence electrons. The first-order valence-corrected chi connectivity index (χ1v) is 9.91. The van der Waals surface area contributed by atoms with E-state index in [2.05, 4.69) is 17.1 Å². The van der Waals surface area contributed by atoms with Gasteiger partial charge < -0.3 is 15.1 Å². The molecule has 1 aliphatic rings. The predicted molar refractivity (Wildman–Crippen MR) is 111 cm³/mol. The molecule has 0 aliphatic carbocycles. The third kappa shape index (κ3) is 3.14. The molecule has 0 radical (unpaired) electrons. The number of aryl methyl sites for hydroxylation is 2. The van der Waals surface area contributed by atoms with E-state index in [1.165, 1.54) is 0 Å². The van der Waals surface area contributed by atoms with E-state index in [0.29, 0.717) is 23.5 Å². The molecule has 3 aromatic rings. The van der Waals surface area contributed by atoms with Gasteiger partial charge in [0.2, 0.25) is 0 Å². The Morgan fingerprint density at radius 1 is 1.17 bits per heavy atom. The average Bonchev–Trinajstić information content (AvgIpc) is 3.22. The number of H-pyrrole nitrogens is 1. The van der Waals surface area contributed by atoms with Crippen LogP contribution in [-0.2, 0) is 0 Å². The molecule has 6 nitrogen and oxygen atoms in total. The van der Waals surface area contributed by atoms with Crippen LogP contribution in [0.1, 0.15) is 58.5 Å². The second-order valence-electron chi connectivity index (χ2n) is 7.69. The van der Waals surface area contributed by atoms with Crippen LogP contribution in [0.15, 0.2) is 36.4 Å². The summed E-state index contributed by atoms with van der Waals surface area (Å²) in [5.41, 5.74) is 4.96. The van der Waals surface area contributed by atoms with E-state index in [1.807, 2.05) is 36.9 Å². The zero-order valence-electron chi connectivity index (χ0n) is 16.9. The molecule has 0 saturated carbocycles. The fourth-order valence-corrected chi connectivity index (χ4v) is 4.14. The highest BCUT2D eigenvalue weighted by molar-refractivity contribution is 6.00. The molecule has 0 fully saturated rings. The maximum Gasteiger partial charge on any atom is 0.273 e. The average molecular weight is 391 g/mol. The van der Waals surface area contributed by atoms with Crippen LogP contribution in [-0.4, -0.2) is 37.8 Å². The van der Waals surface area contributed by atoms with Crippen LogP contribution in [0.5, 0.6) is 11.5 Å². The van der Waals surface area contributed by atoms with E-state index in [4.69, 9.17) is 0 Å². The number of hydrogen-bond acceptors (Lipinski definition) is 4. The molecular weight excluding hydrogens is 366 g/mol. The second-order valence-corrected chi connectivity index (χ2v) is 7.69. The minimum atomic E-state index is -0.370. The number of rotatable bonds is 5. The summed E-state index contributed by atoms with van der Waals surface area (Å²) in [6.45, 7) is 6.51. The van der Waals surface area contributed by atoms with Crippen LogP contribution in [0.2, 0.25) is 0 Å². The SMILES string of the molecule is CCCCN1C(=O)c2[nH]nc(-c3cc(C)cc(C)c3O)c2C1c1cccc(O)c1. The number of nitrogens with one attached hydrogen (secondary N) is 1. The first-order valence-electron chi connectivity index (χ1n) is 9.91. The molecule has 1 aliphatic heterocycles. The Balaban J connectivity index is 1.92. The molecule has 1 unspecified atom stereocenters. The molecule has 0 saturated heterocycles. The van der Waals surface area contributed by atoms with Crippen LogP contribution in [0, 0.1) is 13.8 Å². The van der Waals surface area contributed by atoms with Gasteiger partial charge in [0.25, 0.3) is 5.91 Å². The number of carbonyl (C=O) groups is 1. The Hall–Kier alpha value is -3.28. The fourth-order valence-electron chi connectivity index (χ4n) is 4.14. The van der Waals surface area contributed by atoms with E-state index in [0.717, 1.165) is 35.1 Å². The minimum absolute atomic E-state index is 0.107. The van der Waals surface area contributed by atoms with Crippen molar-refractivity contribution >= 4 is 5.91 Å². The molecule has 0 spiro atoms. The van der Waals surface area contributed by atoms with Crippen molar-refractivity contribution in [3.8, 4) is 22.8 Å². The van der Waals surface area contributed by atoms with Gasteiger partial charge in [0.15, 0.2) is 0 Å². The second kappa shape index (κ2) is 7.28. The smallest absolute Gasteiger partial charge is 0.273 e. The Morgan fingerprint density at radius 3 is 2.69 bits per heavy atom. The van der Waals surface area contributed by atoms with E-state index in [9.17, 15) is 15.0 Å². The molecule has 1 atom stereocenters. The van der Waals surface area contributed by atoms with Crippen molar-refractivity contribution in [1.82, 2.24) is 15.1 Å². The number of fused-ring (bicyclic) bond motifs is 1. The zero-order chi connectivity index (χ0) is 20.7. The highest BCUT2D eigenvalue weighted by Crippen LogP contribution is 2.45. The monoisotopic (exact) mass is 391 g/mol. The number of nitrogens with zero attached hydrogens (tertiary/aromatic N) is 2. The number of unbranched alkanes of at least 4 members (excludes halogenated alkanes) is 1. The van der Waals surface area contributed by atoms with Crippen molar-refractivity contribution in [2.24, 2.45) is 0 Å². The molecule has 2 aromatic carbocycles. The Morgan fingerprint density at radius 2 is 1.97 bits per heavy atom. The van der Waals surface area contributed by atoms with Crippen molar-refractivity contribution in [1.29, 1.82) is 0 Å². The molecule has 1 amide bonds. The number of aromatic nitrogens is 2. The lowest BCUT2D eigenvalue weighted by atomic mass is 9.94. The molecule has 2 heterocycles. The lowest BCUT2D eigenvalue weighted by Crippen LogP contribution is -2.30. The van der Waals surface area contributed by atoms with Gasteiger partial charge >= 0.3 is 0 Å². The quantitative estimate of drug-likeness (QED) is 0.599. The molecule has 3 N–H and O–H groups in total. The normalized spacial score (nSPS) is 15.8. The maximum atomic E-state index is 13.2. The number of amides is 1. The number of hydrogen-bond donors (Lipinski definition) is 3. The van der Waals surface area contributed by atoms with E-state index in [-0.39, 0.29) is 23.4 Å². The van der Waals surface area contributed by atoms with Crippen LogP contribution in [0.4, 0.5) is 0 Å². The van der Waals surface area contributed by atoms with Gasteiger partial charge in [-0.15, -0.1) is 0 Å². The summed E-state index contributed by atoms with van der Waals surface area (Å²) in [4.78, 5) is 15.0. The number of aromatic amines is 1. The van der Waals surface area contributed by atoms with Crippen LogP contribution < -0.4 is 0 Å². The summed E-state index contributed by atoms with van der Waals surface area (Å²) >= 11 is 0. The Bertz CT molecular complexity index is 1090. The van der Waals surface area contributed by atoms with Gasteiger partial charge in [-0.2, -0.15) is 5.10 Å². The van der Waals surface area contributed by atoms with E-state index >= 15 is 0 Å². The van der Waals surface area contributed by atoms with Crippen molar-refractivity contribution < 1.29 is 15.0 Å². The summed E-state index contributed by atoms with van der Waals surface area (Å²) < 4.78 is 0. The third-order valence-corrected chi connectivity index (χ3v) is 5.50. The topological polar surface area (TPSA) is 89.5 Å². The van der Waals surface area contributed by atoms with Crippen molar-refractivity contribution in [2.45, 2.75) is 39.7 Å². The maximum absolute atomic E-state index is 13.2. The molecule has 29 heavy (non-hydrogen) atoms. The van der Waals surface area contributed by atoms with Gasteiger partial charge in [-0.05, 0) is 55.2 Å². The van der Waals surface area contributed by atoms with E-state index < -0.39 is 0 Å². The number of aromatic hydroxyl groups is 2. The van der Waals surface area contributed by atoms with Gasteiger partial charge in [-0.3, -0.25) is 9.89 Å². The van der Waals surface area contributed by atoms with Gasteiger partial charge in [-0.1, -0.05) is 31.5 Å². The highest BCUT2D eigenvalue weighted by Gasteiger charge is 2.42. The number of benzene rings is 2. The summed E-state index contributed by atoms with van der Waals surface area (Å²) in [6, 6.07) is 10.4. The lowest BCUT2D eigenvalue weighted by molar-refractivity contribution is 0.0741. The molecule has 4 rings (SSSR count). The third-order valence-electron chi connectivity index (χ3n) is 5.50. The first kappa shape index (κ1) is 19.1. The van der Waals surface area contributed by atoms with Gasteiger partial charge in [-0.25, -0.2) is 0 Å². The lowest BCUT2D eigenvalue weighted by Gasteiger charge is -2.26. The predicted octanol–water partition coefficient (Wildman–Crippen LogP) is 4.45. The number of phenols is 2. The van der Waals surface area contributed by atoms with Gasteiger partial charge in [0.05, 0.1) is 6.04 Å². The fraction of sp³-hybridized carbons (Fsp3) is 0.304. The Labute approximate surface area is 169 Å². The van der Waals surface area contributed by atoms with Gasteiger partial charge in [0, 0.05) is 17.7 Å². The summed E-state index contributed by atoms with van der Waals surface area (Å²) in [7, 11) is 0. The highest BCUT2D eigenvalue weighted by atomic mass is 16.3. The first-order chi connectivity index (χ1) is 13.9. The van der Waals surface area contributed by atoms with Crippen molar-refractivity contribution in [2.75, 3.05) is 6.54 Å². The standard InChI is InChI=1S/C23H25N3O3/c1-4-5-9-26-21(15-7-6-8-16(27)12-15)18-19(24-25-20(18)23(26)29)17-11-13(2)10-14(3)22(17)28/h6-8,10-12,21,27-28H,4-5,9H2,1-3H3,(H,24,25). The van der Waals surface area contributed by atoms with E-state index in [1.54, 1.807) is 18.2 Å². The summed E-state index contributed by atoms with van der Waals surface area (Å²) in [5, 5.41) is 28.1.